The van der Waals surface area contributed by atoms with E-state index in [-0.39, 0.29) is 0 Å². The number of aromatic nitrogens is 2. The van der Waals surface area contributed by atoms with Crippen LogP contribution in [0, 0.1) is 0 Å². The van der Waals surface area contributed by atoms with Crippen molar-refractivity contribution in [2.45, 2.75) is 0 Å². The van der Waals surface area contributed by atoms with Gasteiger partial charge in [0.15, 0.2) is 5.82 Å². The fourth-order valence-electron chi connectivity index (χ4n) is 2.89. The maximum Gasteiger partial charge on any atom is 0.155 e. The molecule has 2 aromatic carbocycles. The normalized spacial score (nSPS) is 11.6. The van der Waals surface area contributed by atoms with Crippen LogP contribution in [0.2, 0.25) is 0 Å². The van der Waals surface area contributed by atoms with E-state index in [2.05, 4.69) is 64.6 Å². The van der Waals surface area contributed by atoms with Gasteiger partial charge in [0, 0.05) is 23.4 Å². The van der Waals surface area contributed by atoms with Crippen LogP contribution in [0.4, 0.5) is 5.82 Å². The van der Waals surface area contributed by atoms with E-state index in [0.717, 1.165) is 29.8 Å². The molecule has 0 aliphatic heterocycles. The topological polar surface area (TPSA) is 49.8 Å². The van der Waals surface area contributed by atoms with Gasteiger partial charge in [0.1, 0.15) is 5.82 Å². The standard InChI is InChI=1S/C21H20N4S/c1-22-10-11-23-21-18-13-15-5-2-3-6-16(15)14-19(18)24-20(25-21)9-8-17-7-4-12-26-17/h2-9,12-14,22H,10-11H2,1H3,(H,23,24,25)/b9-8+. The zero-order valence-corrected chi connectivity index (χ0v) is 15.4. The van der Waals surface area contributed by atoms with Crippen molar-refractivity contribution in [2.75, 3.05) is 25.5 Å². The number of nitrogens with zero attached hydrogens (tertiary/aromatic N) is 2. The van der Waals surface area contributed by atoms with Crippen LogP contribution in [-0.4, -0.2) is 30.1 Å². The molecular formula is C21H20N4S. The van der Waals surface area contributed by atoms with Gasteiger partial charge in [0.2, 0.25) is 0 Å². The summed E-state index contributed by atoms with van der Waals surface area (Å²) in [7, 11) is 1.95. The smallest absolute Gasteiger partial charge is 0.155 e. The third kappa shape index (κ3) is 3.59. The molecule has 5 heteroatoms. The lowest BCUT2D eigenvalue weighted by Gasteiger charge is -2.11. The van der Waals surface area contributed by atoms with Crippen molar-refractivity contribution in [3.8, 4) is 0 Å². The number of nitrogens with one attached hydrogen (secondary N) is 2. The maximum atomic E-state index is 4.76. The van der Waals surface area contributed by atoms with Crippen LogP contribution < -0.4 is 10.6 Å². The predicted molar refractivity (Wildman–Crippen MR) is 113 cm³/mol. The van der Waals surface area contributed by atoms with Crippen molar-refractivity contribution in [3.63, 3.8) is 0 Å². The monoisotopic (exact) mass is 360 g/mol. The molecule has 0 saturated carbocycles. The van der Waals surface area contributed by atoms with Gasteiger partial charge in [0.05, 0.1) is 5.52 Å². The zero-order chi connectivity index (χ0) is 17.8. The van der Waals surface area contributed by atoms with Crippen LogP contribution in [-0.2, 0) is 0 Å². The molecule has 0 aliphatic carbocycles. The van der Waals surface area contributed by atoms with E-state index in [9.17, 15) is 0 Å². The SMILES string of the molecule is CNCCNc1nc(/C=C/c2cccs2)nc2cc3ccccc3cc12. The lowest BCUT2D eigenvalue weighted by atomic mass is 10.1. The third-order valence-corrected chi connectivity index (χ3v) is 5.03. The first-order valence-electron chi connectivity index (χ1n) is 8.64. The molecule has 0 bridgehead atoms. The summed E-state index contributed by atoms with van der Waals surface area (Å²) < 4.78 is 0. The Balaban J connectivity index is 1.80. The second-order valence-electron chi connectivity index (χ2n) is 6.03. The second-order valence-corrected chi connectivity index (χ2v) is 7.01. The summed E-state index contributed by atoms with van der Waals surface area (Å²) in [5, 5.41) is 12.1. The van der Waals surface area contributed by atoms with Crippen molar-refractivity contribution in [2.24, 2.45) is 0 Å². The highest BCUT2D eigenvalue weighted by Gasteiger charge is 2.08. The summed E-state index contributed by atoms with van der Waals surface area (Å²) in [6.45, 7) is 1.68. The molecule has 0 amide bonds. The molecule has 0 spiro atoms. The van der Waals surface area contributed by atoms with Crippen LogP contribution in [0.15, 0.2) is 53.9 Å². The van der Waals surface area contributed by atoms with E-state index in [1.807, 2.05) is 19.2 Å². The van der Waals surface area contributed by atoms with Crippen LogP contribution in [0.5, 0.6) is 0 Å². The largest absolute Gasteiger partial charge is 0.368 e. The van der Waals surface area contributed by atoms with E-state index >= 15 is 0 Å². The lowest BCUT2D eigenvalue weighted by Crippen LogP contribution is -2.18. The number of hydrogen-bond donors (Lipinski definition) is 2. The van der Waals surface area contributed by atoms with Gasteiger partial charge in [-0.05, 0) is 53.6 Å². The van der Waals surface area contributed by atoms with Crippen molar-refractivity contribution >= 4 is 51.0 Å². The highest BCUT2D eigenvalue weighted by Crippen LogP contribution is 2.27. The molecule has 0 fully saturated rings. The summed E-state index contributed by atoms with van der Waals surface area (Å²) in [6, 6.07) is 16.8. The predicted octanol–water partition coefficient (Wildman–Crippen LogP) is 4.65. The van der Waals surface area contributed by atoms with Crippen molar-refractivity contribution < 1.29 is 0 Å². The van der Waals surface area contributed by atoms with Gasteiger partial charge >= 0.3 is 0 Å². The quantitative estimate of drug-likeness (QED) is 0.388. The van der Waals surface area contributed by atoms with Crippen LogP contribution in [0.25, 0.3) is 33.8 Å². The van der Waals surface area contributed by atoms with Crippen LogP contribution in [0.1, 0.15) is 10.7 Å². The lowest BCUT2D eigenvalue weighted by molar-refractivity contribution is 0.821. The first-order chi connectivity index (χ1) is 12.8. The van der Waals surface area contributed by atoms with Gasteiger partial charge in [0.25, 0.3) is 0 Å². The molecule has 130 valence electrons. The number of fused-ring (bicyclic) bond motifs is 2. The summed E-state index contributed by atoms with van der Waals surface area (Å²) in [5.41, 5.74) is 0.955. The van der Waals surface area contributed by atoms with Crippen LogP contribution in [0.3, 0.4) is 0 Å². The van der Waals surface area contributed by atoms with Gasteiger partial charge in [-0.2, -0.15) is 0 Å². The molecule has 2 heterocycles. The number of anilines is 1. The molecule has 0 saturated heterocycles. The van der Waals surface area contributed by atoms with Crippen molar-refractivity contribution in [3.05, 3.63) is 64.6 Å². The Hall–Kier alpha value is -2.76. The fourth-order valence-corrected chi connectivity index (χ4v) is 3.51. The molecule has 4 nitrogen and oxygen atoms in total. The molecule has 4 aromatic rings. The van der Waals surface area contributed by atoms with Crippen LogP contribution >= 0.6 is 11.3 Å². The summed E-state index contributed by atoms with van der Waals surface area (Å²) in [4.78, 5) is 10.7. The van der Waals surface area contributed by atoms with Gasteiger partial charge in [-0.1, -0.05) is 30.3 Å². The molecule has 0 unspecified atom stereocenters. The minimum atomic E-state index is 0.716. The molecule has 2 N–H and O–H groups in total. The minimum Gasteiger partial charge on any atom is -0.368 e. The zero-order valence-electron chi connectivity index (χ0n) is 14.6. The summed E-state index contributed by atoms with van der Waals surface area (Å²) >= 11 is 1.70. The van der Waals surface area contributed by atoms with E-state index in [4.69, 9.17) is 9.97 Å². The fraction of sp³-hybridized carbons (Fsp3) is 0.143. The van der Waals surface area contributed by atoms with E-state index in [0.29, 0.717) is 5.82 Å². The first kappa shape index (κ1) is 16.7. The highest BCUT2D eigenvalue weighted by molar-refractivity contribution is 7.10. The molecule has 0 atom stereocenters. The van der Waals surface area contributed by atoms with Gasteiger partial charge in [-0.15, -0.1) is 11.3 Å². The van der Waals surface area contributed by atoms with Crippen molar-refractivity contribution in [1.29, 1.82) is 0 Å². The molecular weight excluding hydrogens is 340 g/mol. The molecule has 2 aromatic heterocycles. The molecule has 4 rings (SSSR count). The van der Waals surface area contributed by atoms with Gasteiger partial charge in [-0.25, -0.2) is 9.97 Å². The number of rotatable bonds is 6. The number of hydrogen-bond acceptors (Lipinski definition) is 5. The van der Waals surface area contributed by atoms with E-state index in [1.54, 1.807) is 11.3 Å². The van der Waals surface area contributed by atoms with E-state index < -0.39 is 0 Å². The number of thiophene rings is 1. The Morgan fingerprint density at radius 1 is 0.962 bits per heavy atom. The van der Waals surface area contributed by atoms with Crippen molar-refractivity contribution in [1.82, 2.24) is 15.3 Å². The first-order valence-corrected chi connectivity index (χ1v) is 9.52. The summed E-state index contributed by atoms with van der Waals surface area (Å²) in [5.74, 6) is 1.59. The summed E-state index contributed by atoms with van der Waals surface area (Å²) in [6.07, 6.45) is 4.04. The highest BCUT2D eigenvalue weighted by atomic mass is 32.1. The Morgan fingerprint density at radius 3 is 2.58 bits per heavy atom. The average molecular weight is 360 g/mol. The van der Waals surface area contributed by atoms with E-state index in [1.165, 1.54) is 15.6 Å². The Kier molecular flexibility index (Phi) is 4.91. The minimum absolute atomic E-state index is 0.716. The molecule has 0 radical (unpaired) electrons. The Labute approximate surface area is 156 Å². The molecule has 0 aliphatic rings. The van der Waals surface area contributed by atoms with Gasteiger partial charge < -0.3 is 10.6 Å². The second kappa shape index (κ2) is 7.64. The van der Waals surface area contributed by atoms with Gasteiger partial charge in [-0.3, -0.25) is 0 Å². The Morgan fingerprint density at radius 2 is 1.81 bits per heavy atom. The Bertz CT molecular complexity index is 1050. The average Bonchev–Trinajstić information content (AvgIpc) is 3.18. The number of likely N-dealkylation sites (N-methyl/N-ethyl adjacent to an activating group) is 1. The third-order valence-electron chi connectivity index (χ3n) is 4.19. The maximum absolute atomic E-state index is 4.76. The number of benzene rings is 2. The molecule has 26 heavy (non-hydrogen) atoms.